The van der Waals surface area contributed by atoms with Gasteiger partial charge in [0.25, 0.3) is 0 Å². The van der Waals surface area contributed by atoms with E-state index in [-0.39, 0.29) is 5.91 Å². The predicted octanol–water partition coefficient (Wildman–Crippen LogP) is 2.17. The van der Waals surface area contributed by atoms with Gasteiger partial charge in [0.05, 0.1) is 13.2 Å². The van der Waals surface area contributed by atoms with E-state index in [0.29, 0.717) is 12.6 Å². The Morgan fingerprint density at radius 2 is 2.06 bits per heavy atom. The highest BCUT2D eigenvalue weighted by atomic mass is 16.5. The molecule has 2 N–H and O–H groups in total. The zero-order chi connectivity index (χ0) is 12.8. The molecule has 1 aliphatic carbocycles. The summed E-state index contributed by atoms with van der Waals surface area (Å²) in [6, 6.07) is 8.10. The molecule has 1 aromatic carbocycles. The van der Waals surface area contributed by atoms with Crippen LogP contribution in [0.25, 0.3) is 0 Å². The zero-order valence-electron chi connectivity index (χ0n) is 10.7. The zero-order valence-corrected chi connectivity index (χ0v) is 10.7. The molecule has 0 saturated heterocycles. The normalized spacial score (nSPS) is 14.1. The third kappa shape index (κ3) is 4.28. The Labute approximate surface area is 108 Å². The number of nitrogens with one attached hydrogen (secondary N) is 2. The van der Waals surface area contributed by atoms with Gasteiger partial charge in [-0.05, 0) is 43.5 Å². The van der Waals surface area contributed by atoms with E-state index >= 15 is 0 Å². The molecule has 1 fully saturated rings. The molecule has 2 rings (SSSR count). The largest absolute Gasteiger partial charge is 0.494 e. The lowest BCUT2D eigenvalue weighted by Gasteiger charge is -2.08. The monoisotopic (exact) mass is 248 g/mol. The lowest BCUT2D eigenvalue weighted by Crippen LogP contribution is -2.31. The van der Waals surface area contributed by atoms with Gasteiger partial charge in [-0.15, -0.1) is 0 Å². The Kier molecular flexibility index (Phi) is 4.45. The number of ether oxygens (including phenoxy) is 1. The quantitative estimate of drug-likeness (QED) is 0.777. The molecular formula is C14H20N2O2. The molecule has 0 aromatic heterocycles. The Morgan fingerprint density at radius 1 is 1.33 bits per heavy atom. The van der Waals surface area contributed by atoms with E-state index in [2.05, 4.69) is 17.6 Å². The summed E-state index contributed by atoms with van der Waals surface area (Å²) in [6.07, 6.45) is 3.24. The van der Waals surface area contributed by atoms with Gasteiger partial charge in [-0.2, -0.15) is 0 Å². The molecule has 1 aliphatic rings. The molecule has 0 atom stereocenters. The van der Waals surface area contributed by atoms with Crippen molar-refractivity contribution < 1.29 is 9.53 Å². The SMILES string of the molecule is CCCOc1ccc(NCC(=O)NC2CC2)cc1. The first-order chi connectivity index (χ1) is 8.78. The van der Waals surface area contributed by atoms with Gasteiger partial charge in [0, 0.05) is 11.7 Å². The summed E-state index contributed by atoms with van der Waals surface area (Å²) in [4.78, 5) is 11.5. The number of carbonyl (C=O) groups excluding carboxylic acids is 1. The topological polar surface area (TPSA) is 50.4 Å². The maximum absolute atomic E-state index is 11.5. The van der Waals surface area contributed by atoms with Crippen molar-refractivity contribution >= 4 is 11.6 Å². The maximum atomic E-state index is 11.5. The van der Waals surface area contributed by atoms with Crippen molar-refractivity contribution in [1.82, 2.24) is 5.32 Å². The summed E-state index contributed by atoms with van der Waals surface area (Å²) in [5.74, 6) is 0.925. The standard InChI is InChI=1S/C14H20N2O2/c1-2-9-18-13-7-5-11(6-8-13)15-10-14(17)16-12-3-4-12/h5-8,12,15H,2-4,9-10H2,1H3,(H,16,17). The van der Waals surface area contributed by atoms with Crippen LogP contribution in [0.3, 0.4) is 0 Å². The summed E-state index contributed by atoms with van der Waals surface area (Å²) < 4.78 is 5.49. The van der Waals surface area contributed by atoms with Crippen LogP contribution in [0.4, 0.5) is 5.69 Å². The van der Waals surface area contributed by atoms with Crippen LogP contribution >= 0.6 is 0 Å². The first-order valence-electron chi connectivity index (χ1n) is 6.54. The van der Waals surface area contributed by atoms with E-state index in [1.54, 1.807) is 0 Å². The summed E-state index contributed by atoms with van der Waals surface area (Å²) in [5, 5.41) is 6.03. The Balaban J connectivity index is 1.73. The van der Waals surface area contributed by atoms with Crippen molar-refractivity contribution in [3.8, 4) is 5.75 Å². The Morgan fingerprint density at radius 3 is 2.67 bits per heavy atom. The number of amides is 1. The molecule has 4 heteroatoms. The molecule has 0 radical (unpaired) electrons. The molecule has 4 nitrogen and oxygen atoms in total. The van der Waals surface area contributed by atoms with Gasteiger partial charge in [0.2, 0.25) is 5.91 Å². The molecule has 18 heavy (non-hydrogen) atoms. The van der Waals surface area contributed by atoms with Crippen LogP contribution in [0.1, 0.15) is 26.2 Å². The second-order valence-corrected chi connectivity index (χ2v) is 4.57. The average Bonchev–Trinajstić information content (AvgIpc) is 3.19. The van der Waals surface area contributed by atoms with Crippen molar-refractivity contribution in [1.29, 1.82) is 0 Å². The van der Waals surface area contributed by atoms with E-state index in [1.807, 2.05) is 24.3 Å². The Bertz CT molecular complexity index is 385. The fourth-order valence-electron chi connectivity index (χ4n) is 1.58. The number of anilines is 1. The van der Waals surface area contributed by atoms with E-state index in [4.69, 9.17) is 4.74 Å². The van der Waals surface area contributed by atoms with Crippen molar-refractivity contribution in [2.45, 2.75) is 32.2 Å². The minimum atomic E-state index is 0.0591. The fourth-order valence-corrected chi connectivity index (χ4v) is 1.58. The first kappa shape index (κ1) is 12.7. The third-order valence-corrected chi connectivity index (χ3v) is 2.72. The van der Waals surface area contributed by atoms with Crippen molar-refractivity contribution in [2.75, 3.05) is 18.5 Å². The average molecular weight is 248 g/mol. The maximum Gasteiger partial charge on any atom is 0.239 e. The van der Waals surface area contributed by atoms with E-state index < -0.39 is 0 Å². The van der Waals surface area contributed by atoms with Crippen LogP contribution in [-0.4, -0.2) is 25.1 Å². The van der Waals surface area contributed by atoms with Gasteiger partial charge >= 0.3 is 0 Å². The highest BCUT2D eigenvalue weighted by Gasteiger charge is 2.22. The van der Waals surface area contributed by atoms with Crippen LogP contribution in [0.5, 0.6) is 5.75 Å². The summed E-state index contributed by atoms with van der Waals surface area (Å²) >= 11 is 0. The molecule has 98 valence electrons. The van der Waals surface area contributed by atoms with E-state index in [0.717, 1.165) is 37.3 Å². The second-order valence-electron chi connectivity index (χ2n) is 4.57. The highest BCUT2D eigenvalue weighted by Crippen LogP contribution is 2.18. The van der Waals surface area contributed by atoms with Crippen LogP contribution in [0, 0.1) is 0 Å². The van der Waals surface area contributed by atoms with Crippen LogP contribution < -0.4 is 15.4 Å². The smallest absolute Gasteiger partial charge is 0.239 e. The highest BCUT2D eigenvalue weighted by molar-refractivity contribution is 5.81. The minimum Gasteiger partial charge on any atom is -0.494 e. The number of rotatable bonds is 7. The van der Waals surface area contributed by atoms with Crippen molar-refractivity contribution in [3.63, 3.8) is 0 Å². The van der Waals surface area contributed by atoms with E-state index in [1.165, 1.54) is 0 Å². The van der Waals surface area contributed by atoms with Crippen LogP contribution in [-0.2, 0) is 4.79 Å². The summed E-state index contributed by atoms with van der Waals surface area (Å²) in [6.45, 7) is 3.14. The number of hydrogen-bond donors (Lipinski definition) is 2. The van der Waals surface area contributed by atoms with Gasteiger partial charge in [-0.3, -0.25) is 4.79 Å². The van der Waals surface area contributed by atoms with Gasteiger partial charge in [-0.25, -0.2) is 0 Å². The molecular weight excluding hydrogens is 228 g/mol. The van der Waals surface area contributed by atoms with Gasteiger partial charge in [0.1, 0.15) is 5.75 Å². The molecule has 1 saturated carbocycles. The third-order valence-electron chi connectivity index (χ3n) is 2.72. The van der Waals surface area contributed by atoms with Gasteiger partial charge < -0.3 is 15.4 Å². The van der Waals surface area contributed by atoms with Crippen molar-refractivity contribution in [2.24, 2.45) is 0 Å². The molecule has 1 aromatic rings. The predicted molar refractivity (Wildman–Crippen MR) is 71.9 cm³/mol. The fraction of sp³-hybridized carbons (Fsp3) is 0.500. The second kappa shape index (κ2) is 6.28. The number of benzene rings is 1. The number of carbonyl (C=O) groups is 1. The molecule has 1 amide bonds. The Hall–Kier alpha value is -1.71. The van der Waals surface area contributed by atoms with Crippen molar-refractivity contribution in [3.05, 3.63) is 24.3 Å². The molecule has 0 bridgehead atoms. The molecule has 0 aliphatic heterocycles. The van der Waals surface area contributed by atoms with E-state index in [9.17, 15) is 4.79 Å². The molecule has 0 spiro atoms. The summed E-state index contributed by atoms with van der Waals surface area (Å²) in [7, 11) is 0. The van der Waals surface area contributed by atoms with Gasteiger partial charge in [0.15, 0.2) is 0 Å². The number of hydrogen-bond acceptors (Lipinski definition) is 3. The lowest BCUT2D eigenvalue weighted by molar-refractivity contribution is -0.119. The molecule has 0 heterocycles. The first-order valence-corrected chi connectivity index (χ1v) is 6.54. The summed E-state index contributed by atoms with van der Waals surface area (Å²) in [5.41, 5.74) is 0.935. The minimum absolute atomic E-state index is 0.0591. The molecule has 0 unspecified atom stereocenters. The van der Waals surface area contributed by atoms with Crippen LogP contribution in [0.15, 0.2) is 24.3 Å². The van der Waals surface area contributed by atoms with Crippen LogP contribution in [0.2, 0.25) is 0 Å². The van der Waals surface area contributed by atoms with Gasteiger partial charge in [-0.1, -0.05) is 6.92 Å². The lowest BCUT2D eigenvalue weighted by atomic mass is 10.3.